The number of aliphatic carboxylic acids is 1. The Balaban J connectivity index is 1.75. The Hall–Kier alpha value is -3.32. The monoisotopic (exact) mass is 442 g/mol. The zero-order valence-electron chi connectivity index (χ0n) is 17.3. The second kappa shape index (κ2) is 9.22. The molecule has 1 amide bonds. The minimum atomic E-state index is -1.41. The van der Waals surface area contributed by atoms with E-state index in [2.05, 4.69) is 5.32 Å². The molecular weight excluding hydrogens is 422 g/mol. The molecule has 1 aromatic heterocycles. The molecule has 0 unspecified atom stereocenters. The van der Waals surface area contributed by atoms with Gasteiger partial charge in [0, 0.05) is 10.6 Å². The number of carboxylic acids is 1. The van der Waals surface area contributed by atoms with Crippen LogP contribution in [0, 0.1) is 20.8 Å². The van der Waals surface area contributed by atoms with Crippen LogP contribution >= 0.6 is 11.6 Å². The maximum absolute atomic E-state index is 12.4. The highest BCUT2D eigenvalue weighted by molar-refractivity contribution is 6.30. The van der Waals surface area contributed by atoms with Gasteiger partial charge in [0.25, 0.3) is 5.91 Å². The molecule has 0 aliphatic carbocycles. The van der Waals surface area contributed by atoms with E-state index < -0.39 is 30.2 Å². The SMILES string of the molecule is Cc1cc(OCC(=O)N[C@@H](Cc2ccc(Cl)cc2)C(=O)[O-])c2c(C)c(C)c(=O)oc2c1. The lowest BCUT2D eigenvalue weighted by Gasteiger charge is -2.20. The number of fused-ring (bicyclic) bond motifs is 1. The number of nitrogens with one attached hydrogen (secondary N) is 1. The maximum atomic E-state index is 12.4. The molecule has 3 rings (SSSR count). The number of hydrogen-bond donors (Lipinski definition) is 1. The number of carboxylic acid groups (broad SMARTS) is 1. The molecule has 0 spiro atoms. The Morgan fingerprint density at radius 2 is 1.81 bits per heavy atom. The maximum Gasteiger partial charge on any atom is 0.339 e. The fourth-order valence-corrected chi connectivity index (χ4v) is 3.36. The summed E-state index contributed by atoms with van der Waals surface area (Å²) in [5.74, 6) is -1.65. The van der Waals surface area contributed by atoms with Crippen LogP contribution in [0.2, 0.25) is 5.02 Å². The minimum absolute atomic E-state index is 0.0437. The van der Waals surface area contributed by atoms with Gasteiger partial charge in [0.15, 0.2) is 6.61 Å². The lowest BCUT2D eigenvalue weighted by Crippen LogP contribution is -2.50. The van der Waals surface area contributed by atoms with Crippen LogP contribution in [0.15, 0.2) is 45.6 Å². The van der Waals surface area contributed by atoms with Crippen LogP contribution < -0.4 is 20.8 Å². The van der Waals surface area contributed by atoms with Gasteiger partial charge < -0.3 is 24.4 Å². The summed E-state index contributed by atoms with van der Waals surface area (Å²) in [5.41, 5.74) is 2.54. The first-order valence-electron chi connectivity index (χ1n) is 9.58. The van der Waals surface area contributed by atoms with Gasteiger partial charge >= 0.3 is 5.63 Å². The molecule has 1 atom stereocenters. The highest BCUT2D eigenvalue weighted by Crippen LogP contribution is 2.30. The highest BCUT2D eigenvalue weighted by Gasteiger charge is 2.17. The number of rotatable bonds is 7. The van der Waals surface area contributed by atoms with Crippen LogP contribution in [0.3, 0.4) is 0 Å². The van der Waals surface area contributed by atoms with Crippen molar-refractivity contribution in [1.29, 1.82) is 0 Å². The van der Waals surface area contributed by atoms with Gasteiger partial charge in [0.05, 0.1) is 17.4 Å². The summed E-state index contributed by atoms with van der Waals surface area (Å²) >= 11 is 5.84. The van der Waals surface area contributed by atoms with Crippen molar-refractivity contribution in [3.8, 4) is 5.75 Å². The molecule has 2 aromatic carbocycles. The van der Waals surface area contributed by atoms with Gasteiger partial charge in [0.1, 0.15) is 11.3 Å². The topological polar surface area (TPSA) is 109 Å². The van der Waals surface area contributed by atoms with E-state index in [-0.39, 0.29) is 6.42 Å². The number of hydrogen-bond acceptors (Lipinski definition) is 6. The first kappa shape index (κ1) is 22.4. The van der Waals surface area contributed by atoms with Crippen LogP contribution in [0.4, 0.5) is 0 Å². The summed E-state index contributed by atoms with van der Waals surface area (Å²) in [4.78, 5) is 35.8. The number of ether oxygens (including phenoxy) is 1. The summed E-state index contributed by atoms with van der Waals surface area (Å²) in [5, 5.41) is 15.0. The Kier molecular flexibility index (Phi) is 6.65. The zero-order chi connectivity index (χ0) is 22.7. The van der Waals surface area contributed by atoms with E-state index in [0.717, 1.165) is 5.56 Å². The molecule has 7 nitrogen and oxygen atoms in total. The summed E-state index contributed by atoms with van der Waals surface area (Å²) in [6, 6.07) is 8.85. The first-order chi connectivity index (χ1) is 14.7. The van der Waals surface area contributed by atoms with Crippen LogP contribution in [-0.2, 0) is 16.0 Å². The van der Waals surface area contributed by atoms with Crippen molar-refractivity contribution >= 4 is 34.4 Å². The van der Waals surface area contributed by atoms with Crippen LogP contribution in [0.25, 0.3) is 11.0 Å². The van der Waals surface area contributed by atoms with E-state index in [1.54, 1.807) is 57.2 Å². The molecular formula is C23H21ClNO6-. The van der Waals surface area contributed by atoms with Gasteiger partial charge in [0.2, 0.25) is 0 Å². The van der Waals surface area contributed by atoms with Gasteiger partial charge in [-0.25, -0.2) is 4.79 Å². The summed E-state index contributed by atoms with van der Waals surface area (Å²) in [7, 11) is 0. The molecule has 0 fully saturated rings. The quantitative estimate of drug-likeness (QED) is 0.562. The van der Waals surface area contributed by atoms with E-state index >= 15 is 0 Å². The molecule has 8 heteroatoms. The average Bonchev–Trinajstić information content (AvgIpc) is 2.71. The molecule has 0 aliphatic heterocycles. The molecule has 0 bridgehead atoms. The van der Waals surface area contributed by atoms with E-state index in [1.807, 2.05) is 0 Å². The fourth-order valence-electron chi connectivity index (χ4n) is 3.23. The summed E-state index contributed by atoms with van der Waals surface area (Å²) in [6.45, 7) is 4.81. The third-order valence-corrected chi connectivity index (χ3v) is 5.24. The standard InChI is InChI=1S/C23H22ClNO6/c1-12-8-18(21-13(2)14(3)23(29)31-19(21)9-12)30-11-20(26)25-17(22(27)28)10-15-4-6-16(24)7-5-15/h4-9,17H,10-11H2,1-3H3,(H,25,26)(H,27,28)/p-1/t17-/m0/s1. The predicted molar refractivity (Wildman–Crippen MR) is 114 cm³/mol. The van der Waals surface area contributed by atoms with Gasteiger partial charge in [-0.2, -0.15) is 0 Å². The van der Waals surface area contributed by atoms with Crippen molar-refractivity contribution in [2.75, 3.05) is 6.61 Å². The van der Waals surface area contributed by atoms with Gasteiger partial charge in [-0.1, -0.05) is 23.7 Å². The third-order valence-electron chi connectivity index (χ3n) is 4.99. The van der Waals surface area contributed by atoms with Crippen molar-refractivity contribution in [3.63, 3.8) is 0 Å². The van der Waals surface area contributed by atoms with Gasteiger partial charge in [-0.05, 0) is 68.1 Å². The molecule has 0 saturated heterocycles. The zero-order valence-corrected chi connectivity index (χ0v) is 18.0. The highest BCUT2D eigenvalue weighted by atomic mass is 35.5. The Morgan fingerprint density at radius 3 is 2.45 bits per heavy atom. The van der Waals surface area contributed by atoms with E-state index in [1.165, 1.54) is 0 Å². The Morgan fingerprint density at radius 1 is 1.13 bits per heavy atom. The second-order valence-corrected chi connectivity index (χ2v) is 7.77. The minimum Gasteiger partial charge on any atom is -0.548 e. The molecule has 1 heterocycles. The Bertz CT molecular complexity index is 1200. The summed E-state index contributed by atoms with van der Waals surface area (Å²) in [6.07, 6.45) is 0.0437. The molecule has 31 heavy (non-hydrogen) atoms. The van der Waals surface area contributed by atoms with Crippen molar-refractivity contribution in [3.05, 3.63) is 74.1 Å². The number of carbonyl (C=O) groups is 2. The van der Waals surface area contributed by atoms with Crippen LogP contribution in [-0.4, -0.2) is 24.5 Å². The molecule has 1 N–H and O–H groups in total. The van der Waals surface area contributed by atoms with Crippen molar-refractivity contribution in [2.24, 2.45) is 0 Å². The van der Waals surface area contributed by atoms with E-state index in [9.17, 15) is 19.5 Å². The molecule has 0 saturated carbocycles. The lowest BCUT2D eigenvalue weighted by atomic mass is 10.0. The molecule has 0 aliphatic rings. The van der Waals surface area contributed by atoms with Gasteiger partial charge in [-0.3, -0.25) is 4.79 Å². The molecule has 3 aromatic rings. The third kappa shape index (κ3) is 5.24. The lowest BCUT2D eigenvalue weighted by molar-refractivity contribution is -0.308. The van der Waals surface area contributed by atoms with E-state index in [4.69, 9.17) is 20.8 Å². The number of amides is 1. The Labute approximate surface area is 183 Å². The number of benzene rings is 2. The number of aryl methyl sites for hydroxylation is 2. The smallest absolute Gasteiger partial charge is 0.339 e. The number of carbonyl (C=O) groups excluding carboxylic acids is 2. The van der Waals surface area contributed by atoms with Crippen molar-refractivity contribution < 1.29 is 23.8 Å². The first-order valence-corrected chi connectivity index (χ1v) is 9.95. The van der Waals surface area contributed by atoms with E-state index in [0.29, 0.717) is 38.4 Å². The van der Waals surface area contributed by atoms with Gasteiger partial charge in [-0.15, -0.1) is 0 Å². The predicted octanol–water partition coefficient (Wildman–Crippen LogP) is 2.23. The largest absolute Gasteiger partial charge is 0.548 e. The molecule has 0 radical (unpaired) electrons. The average molecular weight is 443 g/mol. The fraction of sp³-hybridized carbons (Fsp3) is 0.261. The molecule has 162 valence electrons. The van der Waals surface area contributed by atoms with Crippen LogP contribution in [0.1, 0.15) is 22.3 Å². The second-order valence-electron chi connectivity index (χ2n) is 7.33. The summed E-state index contributed by atoms with van der Waals surface area (Å²) < 4.78 is 11.0. The number of halogens is 1. The van der Waals surface area contributed by atoms with Crippen LogP contribution in [0.5, 0.6) is 5.75 Å². The van der Waals surface area contributed by atoms with Crippen molar-refractivity contribution in [1.82, 2.24) is 5.32 Å². The normalized spacial score (nSPS) is 11.9. The van der Waals surface area contributed by atoms with Crippen molar-refractivity contribution in [2.45, 2.75) is 33.2 Å².